The molecule has 20 heavy (non-hydrogen) atoms. The van der Waals surface area contributed by atoms with Gasteiger partial charge in [0.15, 0.2) is 5.13 Å². The summed E-state index contributed by atoms with van der Waals surface area (Å²) in [6.45, 7) is 2.11. The minimum Gasteiger partial charge on any atom is -0.375 e. The van der Waals surface area contributed by atoms with E-state index in [4.69, 9.17) is 5.73 Å². The molecule has 0 aliphatic heterocycles. The molecule has 0 radical (unpaired) electrons. The average Bonchev–Trinajstić information content (AvgIpc) is 3.05. The van der Waals surface area contributed by atoms with Crippen LogP contribution in [0, 0.1) is 5.92 Å². The maximum Gasteiger partial charge on any atom is 0.251 e. The molecule has 0 bridgehead atoms. The van der Waals surface area contributed by atoms with E-state index in [-0.39, 0.29) is 11.9 Å². The second-order valence-electron chi connectivity index (χ2n) is 5.54. The van der Waals surface area contributed by atoms with Crippen LogP contribution in [0.15, 0.2) is 18.2 Å². The van der Waals surface area contributed by atoms with Crippen LogP contribution in [0.3, 0.4) is 0 Å². The van der Waals surface area contributed by atoms with Crippen LogP contribution in [0.1, 0.15) is 43.0 Å². The van der Waals surface area contributed by atoms with Crippen molar-refractivity contribution in [2.45, 2.75) is 38.6 Å². The molecule has 1 atom stereocenters. The van der Waals surface area contributed by atoms with Gasteiger partial charge in [-0.15, -0.1) is 0 Å². The van der Waals surface area contributed by atoms with Crippen molar-refractivity contribution in [3.8, 4) is 0 Å². The monoisotopic (exact) mass is 289 g/mol. The largest absolute Gasteiger partial charge is 0.375 e. The van der Waals surface area contributed by atoms with Gasteiger partial charge in [0.2, 0.25) is 0 Å². The van der Waals surface area contributed by atoms with Gasteiger partial charge in [-0.3, -0.25) is 4.79 Å². The third-order valence-corrected chi connectivity index (χ3v) is 4.98. The van der Waals surface area contributed by atoms with Crippen molar-refractivity contribution in [3.05, 3.63) is 23.8 Å². The van der Waals surface area contributed by atoms with E-state index in [0.717, 1.165) is 10.2 Å². The van der Waals surface area contributed by atoms with Crippen molar-refractivity contribution in [1.29, 1.82) is 0 Å². The highest BCUT2D eigenvalue weighted by molar-refractivity contribution is 7.22. The van der Waals surface area contributed by atoms with E-state index in [1.807, 2.05) is 18.2 Å². The van der Waals surface area contributed by atoms with Gasteiger partial charge in [0, 0.05) is 11.6 Å². The Kier molecular flexibility index (Phi) is 3.61. The third kappa shape index (κ3) is 2.63. The van der Waals surface area contributed by atoms with E-state index in [1.54, 1.807) is 0 Å². The normalized spacial score (nSPS) is 17.4. The number of aromatic nitrogens is 1. The number of hydrogen-bond acceptors (Lipinski definition) is 4. The number of thiazole rings is 1. The number of rotatable bonds is 3. The number of fused-ring (bicyclic) bond motifs is 1. The second kappa shape index (κ2) is 5.40. The molecule has 1 aliphatic rings. The van der Waals surface area contributed by atoms with Gasteiger partial charge < -0.3 is 11.1 Å². The van der Waals surface area contributed by atoms with Crippen molar-refractivity contribution in [2.75, 3.05) is 5.73 Å². The summed E-state index contributed by atoms with van der Waals surface area (Å²) in [4.78, 5) is 16.5. The summed E-state index contributed by atoms with van der Waals surface area (Å²) in [5.74, 6) is 0.625. The molecule has 1 heterocycles. The Morgan fingerprint density at radius 3 is 2.95 bits per heavy atom. The molecule has 2 aromatic rings. The zero-order valence-corrected chi connectivity index (χ0v) is 12.4. The lowest BCUT2D eigenvalue weighted by atomic mass is 9.99. The van der Waals surface area contributed by atoms with Gasteiger partial charge in [0.1, 0.15) is 0 Å². The first-order valence-electron chi connectivity index (χ1n) is 7.10. The Morgan fingerprint density at radius 2 is 2.20 bits per heavy atom. The molecule has 1 aromatic heterocycles. The second-order valence-corrected chi connectivity index (χ2v) is 6.60. The summed E-state index contributed by atoms with van der Waals surface area (Å²) < 4.78 is 0.962. The molecule has 1 fully saturated rings. The summed E-state index contributed by atoms with van der Waals surface area (Å²) in [6, 6.07) is 5.79. The van der Waals surface area contributed by atoms with Gasteiger partial charge in [-0.1, -0.05) is 24.2 Å². The minimum absolute atomic E-state index is 0.00160. The number of carbonyl (C=O) groups is 1. The maximum absolute atomic E-state index is 12.3. The predicted molar refractivity (Wildman–Crippen MR) is 82.9 cm³/mol. The quantitative estimate of drug-likeness (QED) is 0.911. The summed E-state index contributed by atoms with van der Waals surface area (Å²) in [7, 11) is 0. The van der Waals surface area contributed by atoms with Crippen LogP contribution in [-0.4, -0.2) is 16.9 Å². The van der Waals surface area contributed by atoms with Gasteiger partial charge in [-0.2, -0.15) is 0 Å². The van der Waals surface area contributed by atoms with Crippen LogP contribution in [0.5, 0.6) is 0 Å². The lowest BCUT2D eigenvalue weighted by Crippen LogP contribution is -2.37. The smallest absolute Gasteiger partial charge is 0.251 e. The highest BCUT2D eigenvalue weighted by Crippen LogP contribution is 2.28. The van der Waals surface area contributed by atoms with Gasteiger partial charge >= 0.3 is 0 Å². The predicted octanol–water partition coefficient (Wildman–Crippen LogP) is 3.19. The van der Waals surface area contributed by atoms with Crippen LogP contribution in [-0.2, 0) is 0 Å². The van der Waals surface area contributed by atoms with Crippen molar-refractivity contribution in [3.63, 3.8) is 0 Å². The van der Waals surface area contributed by atoms with Crippen LogP contribution in [0.2, 0.25) is 0 Å². The molecule has 1 aromatic carbocycles. The van der Waals surface area contributed by atoms with Crippen LogP contribution in [0.4, 0.5) is 5.13 Å². The molecule has 5 heteroatoms. The van der Waals surface area contributed by atoms with Gasteiger partial charge in [0.05, 0.1) is 10.2 Å². The number of nitrogens with two attached hydrogens (primary N) is 1. The first kappa shape index (κ1) is 13.4. The number of anilines is 1. The number of nitrogen functional groups attached to an aromatic ring is 1. The fourth-order valence-corrected chi connectivity index (χ4v) is 3.72. The zero-order valence-electron chi connectivity index (χ0n) is 11.6. The van der Waals surface area contributed by atoms with E-state index in [9.17, 15) is 4.79 Å². The number of nitrogens with one attached hydrogen (secondary N) is 1. The Hall–Kier alpha value is -1.62. The first-order chi connectivity index (χ1) is 9.63. The number of hydrogen-bond donors (Lipinski definition) is 2. The molecular formula is C15H19N3OS. The third-order valence-electron chi connectivity index (χ3n) is 4.13. The summed E-state index contributed by atoms with van der Waals surface area (Å²) in [5, 5.41) is 3.66. The van der Waals surface area contributed by atoms with E-state index >= 15 is 0 Å². The number of nitrogens with zero attached hydrogens (tertiary/aromatic N) is 1. The molecule has 1 unspecified atom stereocenters. The van der Waals surface area contributed by atoms with Gasteiger partial charge in [-0.05, 0) is 43.9 Å². The highest BCUT2D eigenvalue weighted by Gasteiger charge is 2.23. The average molecular weight is 289 g/mol. The van der Waals surface area contributed by atoms with Crippen LogP contribution < -0.4 is 11.1 Å². The molecule has 3 N–H and O–H groups in total. The molecule has 1 amide bonds. The van der Waals surface area contributed by atoms with Crippen LogP contribution >= 0.6 is 11.3 Å². The van der Waals surface area contributed by atoms with E-state index < -0.39 is 0 Å². The van der Waals surface area contributed by atoms with Crippen LogP contribution in [0.25, 0.3) is 10.2 Å². The molecular weight excluding hydrogens is 270 g/mol. The number of carbonyl (C=O) groups excluding carboxylic acids is 1. The van der Waals surface area contributed by atoms with Crippen molar-refractivity contribution in [2.24, 2.45) is 5.92 Å². The standard InChI is InChI=1S/C15H19N3OS/c1-9(10-4-2-3-5-10)17-14(19)11-6-7-12-13(8-11)20-15(16)18-12/h6-10H,2-5H2,1H3,(H2,16,18)(H,17,19). The molecule has 0 spiro atoms. The Bertz CT molecular complexity index is 631. The Labute approximate surface area is 122 Å². The number of benzene rings is 1. The fourth-order valence-electron chi connectivity index (χ4n) is 2.95. The zero-order chi connectivity index (χ0) is 14.1. The molecule has 4 nitrogen and oxygen atoms in total. The highest BCUT2D eigenvalue weighted by atomic mass is 32.1. The Morgan fingerprint density at radius 1 is 1.45 bits per heavy atom. The number of amides is 1. The molecule has 3 rings (SSSR count). The van der Waals surface area contributed by atoms with Gasteiger partial charge in [-0.25, -0.2) is 4.98 Å². The maximum atomic E-state index is 12.3. The summed E-state index contributed by atoms with van der Waals surface area (Å²) >= 11 is 1.41. The lowest BCUT2D eigenvalue weighted by molar-refractivity contribution is 0.0927. The SMILES string of the molecule is CC(NC(=O)c1ccc2nc(N)sc2c1)C1CCCC1. The van der Waals surface area contributed by atoms with Crippen molar-refractivity contribution >= 4 is 32.6 Å². The van der Waals surface area contributed by atoms with Gasteiger partial charge in [0.25, 0.3) is 5.91 Å². The molecule has 106 valence electrons. The molecule has 0 saturated heterocycles. The van der Waals surface area contributed by atoms with Crippen molar-refractivity contribution in [1.82, 2.24) is 10.3 Å². The van der Waals surface area contributed by atoms with Crippen molar-refractivity contribution < 1.29 is 4.79 Å². The van der Waals surface area contributed by atoms with E-state index in [2.05, 4.69) is 17.2 Å². The minimum atomic E-state index is -0.00160. The first-order valence-corrected chi connectivity index (χ1v) is 7.92. The summed E-state index contributed by atoms with van der Waals surface area (Å²) in [6.07, 6.45) is 5.03. The van der Waals surface area contributed by atoms with E-state index in [1.165, 1.54) is 37.0 Å². The molecule has 1 aliphatic carbocycles. The summed E-state index contributed by atoms with van der Waals surface area (Å²) in [5.41, 5.74) is 7.23. The molecule has 1 saturated carbocycles. The Balaban J connectivity index is 1.74. The fraction of sp³-hybridized carbons (Fsp3) is 0.467. The lowest BCUT2D eigenvalue weighted by Gasteiger charge is -2.20. The van der Waals surface area contributed by atoms with E-state index in [0.29, 0.717) is 16.6 Å². The topological polar surface area (TPSA) is 68.0 Å².